The van der Waals surface area contributed by atoms with E-state index in [1.54, 1.807) is 6.07 Å². The number of hydrogen-bond donors (Lipinski definition) is 3. The van der Waals surface area contributed by atoms with Gasteiger partial charge in [0, 0.05) is 11.6 Å². The molecule has 0 aromatic heterocycles. The van der Waals surface area contributed by atoms with E-state index in [1.807, 2.05) is 19.9 Å². The number of phenolic OH excluding ortho intramolecular Hbond substituents is 1. The van der Waals surface area contributed by atoms with Crippen molar-refractivity contribution in [1.82, 2.24) is 0 Å². The first kappa shape index (κ1) is 8.87. The number of benzene rings is 1. The summed E-state index contributed by atoms with van der Waals surface area (Å²) >= 11 is 0. The van der Waals surface area contributed by atoms with Crippen LogP contribution in [0.1, 0.15) is 24.1 Å². The predicted octanol–water partition coefficient (Wildman–Crippen LogP) is 1.30. The van der Waals surface area contributed by atoms with E-state index in [-0.39, 0.29) is 11.8 Å². The van der Waals surface area contributed by atoms with Crippen molar-refractivity contribution in [1.29, 1.82) is 0 Å². The van der Waals surface area contributed by atoms with Crippen molar-refractivity contribution >= 4 is 5.69 Å². The maximum absolute atomic E-state index is 9.54. The smallest absolute Gasteiger partial charge is 0.143 e. The molecular weight excluding hydrogens is 152 g/mol. The molecule has 66 valence electrons. The lowest BCUT2D eigenvalue weighted by molar-refractivity contribution is 0.465. The first-order valence-corrected chi connectivity index (χ1v) is 3.87. The van der Waals surface area contributed by atoms with Crippen molar-refractivity contribution in [2.45, 2.75) is 19.9 Å². The van der Waals surface area contributed by atoms with Gasteiger partial charge in [-0.05, 0) is 25.5 Å². The lowest BCUT2D eigenvalue weighted by Crippen LogP contribution is -2.08. The van der Waals surface area contributed by atoms with E-state index < -0.39 is 0 Å². The molecule has 0 unspecified atom stereocenters. The van der Waals surface area contributed by atoms with Crippen molar-refractivity contribution in [2.75, 3.05) is 5.73 Å². The molecule has 0 aliphatic carbocycles. The first-order chi connectivity index (χ1) is 5.54. The van der Waals surface area contributed by atoms with E-state index in [0.717, 1.165) is 11.1 Å². The molecule has 0 saturated heterocycles. The molecule has 0 radical (unpaired) electrons. The van der Waals surface area contributed by atoms with Crippen molar-refractivity contribution in [3.63, 3.8) is 0 Å². The molecule has 0 bridgehead atoms. The minimum absolute atomic E-state index is 0.116. The van der Waals surface area contributed by atoms with Crippen LogP contribution in [0.3, 0.4) is 0 Å². The van der Waals surface area contributed by atoms with Crippen LogP contribution in [-0.2, 0) is 0 Å². The fourth-order valence-corrected chi connectivity index (χ4v) is 1.30. The summed E-state index contributed by atoms with van der Waals surface area (Å²) in [6.07, 6.45) is 0. The van der Waals surface area contributed by atoms with Crippen LogP contribution >= 0.6 is 0 Å². The number of aryl methyl sites for hydroxylation is 1. The Morgan fingerprint density at radius 3 is 2.42 bits per heavy atom. The number of aromatic hydroxyl groups is 1. The second-order valence-electron chi connectivity index (χ2n) is 3.02. The number of nitrogens with two attached hydrogens (primary N) is 2. The molecule has 0 saturated carbocycles. The molecular formula is C9H14N2O. The van der Waals surface area contributed by atoms with E-state index in [4.69, 9.17) is 11.5 Å². The molecule has 0 spiro atoms. The van der Waals surface area contributed by atoms with Crippen LogP contribution in [0.4, 0.5) is 5.69 Å². The van der Waals surface area contributed by atoms with Gasteiger partial charge in [0.25, 0.3) is 0 Å². The predicted molar refractivity (Wildman–Crippen MR) is 49.9 cm³/mol. The Bertz CT molecular complexity index is 295. The molecule has 0 fully saturated rings. The number of phenols is 1. The second kappa shape index (κ2) is 3.03. The average Bonchev–Trinajstić information content (AvgIpc) is 1.97. The molecule has 1 aromatic rings. The highest BCUT2D eigenvalue weighted by Crippen LogP contribution is 2.31. The molecule has 12 heavy (non-hydrogen) atoms. The van der Waals surface area contributed by atoms with E-state index in [0.29, 0.717) is 5.69 Å². The standard InChI is InChI=1S/C9H14N2O/c1-5-3-4-7(11)9(12)8(5)6(2)10/h3-4,6,12H,10-11H2,1-2H3/t6-/m0/s1. The summed E-state index contributed by atoms with van der Waals surface area (Å²) in [6, 6.07) is 3.35. The highest BCUT2D eigenvalue weighted by molar-refractivity contribution is 5.59. The molecule has 0 amide bonds. The maximum atomic E-state index is 9.54. The minimum Gasteiger partial charge on any atom is -0.505 e. The quantitative estimate of drug-likeness (QED) is 0.435. The molecule has 3 heteroatoms. The fourth-order valence-electron chi connectivity index (χ4n) is 1.30. The van der Waals surface area contributed by atoms with E-state index in [9.17, 15) is 5.11 Å². The lowest BCUT2D eigenvalue weighted by Gasteiger charge is -2.13. The Labute approximate surface area is 72.0 Å². The molecule has 0 heterocycles. The third-order valence-corrected chi connectivity index (χ3v) is 1.92. The molecule has 1 atom stereocenters. The largest absolute Gasteiger partial charge is 0.505 e. The summed E-state index contributed by atoms with van der Waals surface area (Å²) < 4.78 is 0. The number of nitrogen functional groups attached to an aromatic ring is 1. The molecule has 5 N–H and O–H groups in total. The van der Waals surface area contributed by atoms with Gasteiger partial charge < -0.3 is 16.6 Å². The Kier molecular flexibility index (Phi) is 2.24. The SMILES string of the molecule is Cc1ccc(N)c(O)c1[C@H](C)N. The van der Waals surface area contributed by atoms with Crippen LogP contribution in [0, 0.1) is 6.92 Å². The number of anilines is 1. The summed E-state index contributed by atoms with van der Waals surface area (Å²) in [5.41, 5.74) is 13.3. The summed E-state index contributed by atoms with van der Waals surface area (Å²) in [5, 5.41) is 9.54. The number of rotatable bonds is 1. The summed E-state index contributed by atoms with van der Waals surface area (Å²) in [5.74, 6) is 0.116. The van der Waals surface area contributed by atoms with Gasteiger partial charge in [0.2, 0.25) is 0 Å². The zero-order valence-corrected chi connectivity index (χ0v) is 7.33. The Hall–Kier alpha value is -1.22. The van der Waals surface area contributed by atoms with Crippen LogP contribution in [0.2, 0.25) is 0 Å². The van der Waals surface area contributed by atoms with Crippen LogP contribution in [0.25, 0.3) is 0 Å². The zero-order valence-electron chi connectivity index (χ0n) is 7.33. The third-order valence-electron chi connectivity index (χ3n) is 1.92. The van der Waals surface area contributed by atoms with Crippen LogP contribution < -0.4 is 11.5 Å². The van der Waals surface area contributed by atoms with E-state index in [1.165, 1.54) is 0 Å². The van der Waals surface area contributed by atoms with Gasteiger partial charge in [0.05, 0.1) is 5.69 Å². The Morgan fingerprint density at radius 2 is 2.00 bits per heavy atom. The molecule has 1 rings (SSSR count). The van der Waals surface area contributed by atoms with Crippen LogP contribution in [0.5, 0.6) is 5.75 Å². The van der Waals surface area contributed by atoms with Crippen molar-refractivity contribution in [3.8, 4) is 5.75 Å². The average molecular weight is 166 g/mol. The summed E-state index contributed by atoms with van der Waals surface area (Å²) in [7, 11) is 0. The van der Waals surface area contributed by atoms with Gasteiger partial charge >= 0.3 is 0 Å². The third kappa shape index (κ3) is 1.36. The van der Waals surface area contributed by atoms with E-state index >= 15 is 0 Å². The second-order valence-corrected chi connectivity index (χ2v) is 3.02. The topological polar surface area (TPSA) is 72.3 Å². The Balaban J connectivity index is 3.33. The normalized spacial score (nSPS) is 12.9. The first-order valence-electron chi connectivity index (χ1n) is 3.87. The van der Waals surface area contributed by atoms with Gasteiger partial charge in [-0.25, -0.2) is 0 Å². The fraction of sp³-hybridized carbons (Fsp3) is 0.333. The van der Waals surface area contributed by atoms with Crippen LogP contribution in [-0.4, -0.2) is 5.11 Å². The number of hydrogen-bond acceptors (Lipinski definition) is 3. The van der Waals surface area contributed by atoms with Gasteiger partial charge in [-0.2, -0.15) is 0 Å². The monoisotopic (exact) mass is 166 g/mol. The highest BCUT2D eigenvalue weighted by Gasteiger charge is 2.11. The zero-order chi connectivity index (χ0) is 9.30. The molecule has 3 nitrogen and oxygen atoms in total. The van der Waals surface area contributed by atoms with Crippen LogP contribution in [0.15, 0.2) is 12.1 Å². The van der Waals surface area contributed by atoms with Gasteiger partial charge in [0.15, 0.2) is 0 Å². The summed E-state index contributed by atoms with van der Waals surface area (Å²) in [4.78, 5) is 0. The van der Waals surface area contributed by atoms with Gasteiger partial charge in [-0.3, -0.25) is 0 Å². The summed E-state index contributed by atoms with van der Waals surface area (Å²) in [6.45, 7) is 3.72. The van der Waals surface area contributed by atoms with Gasteiger partial charge in [0.1, 0.15) is 5.75 Å². The van der Waals surface area contributed by atoms with Crippen molar-refractivity contribution in [2.24, 2.45) is 5.73 Å². The lowest BCUT2D eigenvalue weighted by atomic mass is 10.0. The van der Waals surface area contributed by atoms with Crippen molar-refractivity contribution < 1.29 is 5.11 Å². The minimum atomic E-state index is -0.187. The van der Waals surface area contributed by atoms with Gasteiger partial charge in [-0.15, -0.1) is 0 Å². The van der Waals surface area contributed by atoms with E-state index in [2.05, 4.69) is 0 Å². The molecule has 0 aliphatic heterocycles. The Morgan fingerprint density at radius 1 is 1.42 bits per heavy atom. The van der Waals surface area contributed by atoms with Crippen molar-refractivity contribution in [3.05, 3.63) is 23.3 Å². The molecule has 1 aromatic carbocycles. The molecule has 0 aliphatic rings. The highest BCUT2D eigenvalue weighted by atomic mass is 16.3. The maximum Gasteiger partial charge on any atom is 0.143 e. The van der Waals surface area contributed by atoms with Gasteiger partial charge in [-0.1, -0.05) is 6.07 Å².